The summed E-state index contributed by atoms with van der Waals surface area (Å²) in [5.74, 6) is -0.954. The Morgan fingerprint density at radius 2 is 1.86 bits per heavy atom. The summed E-state index contributed by atoms with van der Waals surface area (Å²) in [7, 11) is 0. The number of hydrogen-bond acceptors (Lipinski definition) is 4. The number of hydrogen-bond donors (Lipinski definition) is 1. The fourth-order valence-electron chi connectivity index (χ4n) is 4.82. The maximum atomic E-state index is 14.2. The maximum Gasteiger partial charge on any atom is 0.409 e. The summed E-state index contributed by atoms with van der Waals surface area (Å²) < 4.78 is 64.2. The van der Waals surface area contributed by atoms with E-state index in [-0.39, 0.29) is 12.0 Å². The first-order valence-corrected chi connectivity index (χ1v) is 12.2. The van der Waals surface area contributed by atoms with Gasteiger partial charge in [-0.05, 0) is 59.2 Å². The van der Waals surface area contributed by atoms with E-state index in [0.717, 1.165) is 28.8 Å². The third-order valence-corrected chi connectivity index (χ3v) is 8.59. The molecular weight excluding hydrogens is 529 g/mol. The zero-order valence-corrected chi connectivity index (χ0v) is 20.4. The van der Waals surface area contributed by atoms with E-state index in [2.05, 4.69) is 4.40 Å². The molecule has 2 aromatic rings. The van der Waals surface area contributed by atoms with Crippen molar-refractivity contribution in [3.63, 3.8) is 0 Å². The Bertz CT molecular complexity index is 1230. The molecule has 3 aliphatic rings. The van der Waals surface area contributed by atoms with E-state index < -0.39 is 38.4 Å². The molecule has 0 bridgehead atoms. The van der Waals surface area contributed by atoms with E-state index in [9.17, 15) is 22.4 Å². The summed E-state index contributed by atoms with van der Waals surface area (Å²) in [5.41, 5.74) is 7.90. The monoisotopic (exact) mass is 547 g/mol. The van der Waals surface area contributed by atoms with Crippen molar-refractivity contribution in [2.75, 3.05) is 13.1 Å². The van der Waals surface area contributed by atoms with E-state index in [1.165, 1.54) is 4.90 Å². The highest BCUT2D eigenvalue weighted by atomic mass is 35.5. The van der Waals surface area contributed by atoms with Crippen LogP contribution >= 0.6 is 35.1 Å². The zero-order chi connectivity index (χ0) is 25.2. The molecule has 2 aromatic carbocycles. The molecule has 3 heterocycles. The van der Waals surface area contributed by atoms with Crippen LogP contribution in [0.4, 0.5) is 22.4 Å². The molecule has 0 aromatic heterocycles. The van der Waals surface area contributed by atoms with Crippen molar-refractivity contribution in [3.8, 4) is 0 Å². The van der Waals surface area contributed by atoms with Gasteiger partial charge < -0.3 is 15.4 Å². The first-order valence-electron chi connectivity index (χ1n) is 10.7. The summed E-state index contributed by atoms with van der Waals surface area (Å²) in [5, 5.41) is -0.928. The Morgan fingerprint density at radius 3 is 2.49 bits per heavy atom. The number of urea groups is 1. The van der Waals surface area contributed by atoms with Crippen LogP contribution in [0.15, 0.2) is 34.7 Å². The highest BCUT2D eigenvalue weighted by molar-refractivity contribution is 7.99. The summed E-state index contributed by atoms with van der Waals surface area (Å²) in [4.78, 5) is 12.8. The van der Waals surface area contributed by atoms with Gasteiger partial charge in [-0.15, -0.1) is 0 Å². The molecule has 1 spiro atoms. The summed E-state index contributed by atoms with van der Waals surface area (Å²) in [6.07, 6.45) is -4.21. The predicted molar refractivity (Wildman–Crippen MR) is 126 cm³/mol. The molecule has 1 saturated heterocycles. The number of nitrogens with zero attached hydrogens (tertiary/aromatic N) is 2. The second kappa shape index (κ2) is 8.54. The summed E-state index contributed by atoms with van der Waals surface area (Å²) in [6.45, 7) is 1.20. The van der Waals surface area contributed by atoms with Crippen molar-refractivity contribution in [2.45, 2.75) is 42.4 Å². The lowest BCUT2D eigenvalue weighted by molar-refractivity contribution is -0.159. The van der Waals surface area contributed by atoms with Gasteiger partial charge in [-0.2, -0.15) is 13.2 Å². The Balaban J connectivity index is 1.29. The second-order valence-electron chi connectivity index (χ2n) is 8.97. The highest BCUT2D eigenvalue weighted by Gasteiger charge is 2.60. The summed E-state index contributed by atoms with van der Waals surface area (Å²) >= 11 is 12.0. The van der Waals surface area contributed by atoms with Gasteiger partial charge in [0.1, 0.15) is 5.60 Å². The number of benzene rings is 2. The number of likely N-dealkylation sites (tertiary alicyclic amines) is 1. The average Bonchev–Trinajstić information content (AvgIpc) is 3.37. The van der Waals surface area contributed by atoms with Crippen LogP contribution in [0.2, 0.25) is 10.0 Å². The molecule has 186 valence electrons. The van der Waals surface area contributed by atoms with Crippen molar-refractivity contribution < 1.29 is 27.1 Å². The Hall–Kier alpha value is -2.01. The Morgan fingerprint density at radius 1 is 1.17 bits per heavy atom. The van der Waals surface area contributed by atoms with Gasteiger partial charge in [0.25, 0.3) is 0 Å². The number of carbonyl (C=O) groups excluding carboxylic acids is 1. The van der Waals surface area contributed by atoms with Crippen molar-refractivity contribution in [3.05, 3.63) is 68.4 Å². The average molecular weight is 548 g/mol. The maximum absolute atomic E-state index is 14.2. The van der Waals surface area contributed by atoms with E-state index in [4.69, 9.17) is 33.7 Å². The fourth-order valence-corrected chi connectivity index (χ4v) is 6.31. The number of ether oxygens (including phenoxy) is 1. The van der Waals surface area contributed by atoms with Crippen LogP contribution in [-0.4, -0.2) is 35.9 Å². The molecule has 0 aliphatic carbocycles. The number of primary amides is 1. The molecule has 12 heteroatoms. The number of alkyl halides is 3. The van der Waals surface area contributed by atoms with E-state index in [1.807, 2.05) is 18.2 Å². The third-order valence-electron chi connectivity index (χ3n) is 6.76. The molecule has 2 N–H and O–H groups in total. The first kappa shape index (κ1) is 24.7. The van der Waals surface area contributed by atoms with Crippen molar-refractivity contribution in [1.29, 1.82) is 0 Å². The molecule has 35 heavy (non-hydrogen) atoms. The zero-order valence-electron chi connectivity index (χ0n) is 18.1. The van der Waals surface area contributed by atoms with Crippen molar-refractivity contribution >= 4 is 46.9 Å². The third kappa shape index (κ3) is 4.08. The lowest BCUT2D eigenvalue weighted by atomic mass is 9.84. The topological polar surface area (TPSA) is 67.9 Å². The number of aryl methyl sites for hydroxylation is 1. The largest absolute Gasteiger partial charge is 0.409 e. The normalized spacial score (nSPS) is 22.8. The Labute approximate surface area is 212 Å². The molecule has 3 aliphatic heterocycles. The number of fused-ring (bicyclic) bond motifs is 2. The van der Waals surface area contributed by atoms with Gasteiger partial charge in [0.05, 0.1) is 29.7 Å². The molecule has 0 saturated carbocycles. The van der Waals surface area contributed by atoms with E-state index in [0.29, 0.717) is 50.2 Å². The van der Waals surface area contributed by atoms with Gasteiger partial charge in [-0.25, -0.2) is 13.6 Å². The number of rotatable bonds is 4. The lowest BCUT2D eigenvalue weighted by Gasteiger charge is -2.46. The first-order chi connectivity index (χ1) is 16.4. The molecule has 5 nitrogen and oxygen atoms in total. The van der Waals surface area contributed by atoms with Gasteiger partial charge in [0, 0.05) is 12.1 Å². The quantitative estimate of drug-likeness (QED) is 0.284. The molecule has 1 atom stereocenters. The standard InChI is InChI=1S/C23H19Cl2F4N3O2S/c24-17-6-14(7-18(25)19(17)26)22(23(27,28)29)8-15(31-35-22)3-1-12-2-4-16-13(5-12)9-34-21(16)10-32(11-21)20(30)33/h2,4-7H,1,3,8-11H2,(H2,30,33). The minimum absolute atomic E-state index is 0.226. The summed E-state index contributed by atoms with van der Waals surface area (Å²) in [6, 6.07) is 7.30. The van der Waals surface area contributed by atoms with Crippen LogP contribution in [0.25, 0.3) is 0 Å². The molecule has 1 unspecified atom stereocenters. The predicted octanol–water partition coefficient (Wildman–Crippen LogP) is 6.14. The lowest BCUT2D eigenvalue weighted by Crippen LogP contribution is -2.62. The van der Waals surface area contributed by atoms with Gasteiger partial charge >= 0.3 is 12.2 Å². The number of nitrogens with two attached hydrogens (primary N) is 1. The van der Waals surface area contributed by atoms with Crippen LogP contribution in [0.3, 0.4) is 0 Å². The number of halogens is 6. The van der Waals surface area contributed by atoms with Crippen molar-refractivity contribution in [1.82, 2.24) is 4.90 Å². The van der Waals surface area contributed by atoms with Crippen LogP contribution in [0, 0.1) is 5.82 Å². The minimum atomic E-state index is -4.66. The smallest absolute Gasteiger partial charge is 0.362 e. The fraction of sp³-hybridized carbons (Fsp3) is 0.391. The Kier molecular flexibility index (Phi) is 6.02. The molecule has 0 radical (unpaired) electrons. The van der Waals surface area contributed by atoms with Crippen molar-refractivity contribution in [2.24, 2.45) is 10.1 Å². The van der Waals surface area contributed by atoms with Gasteiger partial charge in [-0.3, -0.25) is 0 Å². The minimum Gasteiger partial charge on any atom is -0.362 e. The van der Waals surface area contributed by atoms with Crippen LogP contribution in [0.1, 0.15) is 35.1 Å². The SMILES string of the molecule is NC(=O)N1CC2(C1)OCc1cc(CCC3=NSC(c4cc(Cl)c(F)c(Cl)c4)(C(F)(F)F)C3)ccc12. The van der Waals surface area contributed by atoms with Gasteiger partial charge in [-0.1, -0.05) is 41.4 Å². The highest BCUT2D eigenvalue weighted by Crippen LogP contribution is 2.57. The number of carbonyl (C=O) groups is 1. The van der Waals surface area contributed by atoms with E-state index >= 15 is 0 Å². The molecule has 1 fully saturated rings. The van der Waals surface area contributed by atoms with Gasteiger partial charge in [0.2, 0.25) is 0 Å². The van der Waals surface area contributed by atoms with Crippen LogP contribution in [0.5, 0.6) is 0 Å². The molecule has 5 rings (SSSR count). The van der Waals surface area contributed by atoms with E-state index in [1.54, 1.807) is 0 Å². The van der Waals surface area contributed by atoms with Crippen LogP contribution < -0.4 is 5.73 Å². The molecular formula is C23H19Cl2F4N3O2S. The van der Waals surface area contributed by atoms with Gasteiger partial charge in [0.15, 0.2) is 10.6 Å². The second-order valence-corrected chi connectivity index (χ2v) is 10.8. The number of amides is 2. The van der Waals surface area contributed by atoms with Crippen LogP contribution in [-0.2, 0) is 28.1 Å². The molecule has 2 amide bonds.